The van der Waals surface area contributed by atoms with Gasteiger partial charge in [-0.1, -0.05) is 23.7 Å². The number of nitriles is 1. The summed E-state index contributed by atoms with van der Waals surface area (Å²) in [6, 6.07) is 15.2. The van der Waals surface area contributed by atoms with Crippen molar-refractivity contribution in [2.75, 3.05) is 18.4 Å². The average molecular weight is 397 g/mol. The first-order chi connectivity index (χ1) is 13.1. The molecule has 1 aromatic heterocycles. The lowest BCUT2D eigenvalue weighted by molar-refractivity contribution is -0.117. The molecular formula is C20H17ClN4OS. The molecular weight excluding hydrogens is 380 g/mol. The molecule has 0 radical (unpaired) electrons. The SMILES string of the molecule is N#Cc1ccc(NC(=O)CN2CCCC2c2nc3ccccc3s2)cc1Cl. The van der Waals surface area contributed by atoms with E-state index in [1.807, 2.05) is 24.3 Å². The number of anilines is 1. The molecule has 2 aromatic carbocycles. The zero-order valence-electron chi connectivity index (χ0n) is 14.5. The molecule has 2 heterocycles. The Morgan fingerprint density at radius 1 is 1.37 bits per heavy atom. The molecule has 0 spiro atoms. The highest BCUT2D eigenvalue weighted by molar-refractivity contribution is 7.18. The number of para-hydroxylation sites is 1. The molecule has 27 heavy (non-hydrogen) atoms. The highest BCUT2D eigenvalue weighted by Gasteiger charge is 2.30. The second kappa shape index (κ2) is 7.65. The van der Waals surface area contributed by atoms with Crippen LogP contribution in [0.5, 0.6) is 0 Å². The van der Waals surface area contributed by atoms with E-state index in [1.165, 1.54) is 4.70 Å². The molecule has 1 saturated heterocycles. The Labute approximate surface area is 166 Å². The molecule has 7 heteroatoms. The summed E-state index contributed by atoms with van der Waals surface area (Å²) in [5.74, 6) is -0.0937. The molecule has 1 N–H and O–H groups in total. The summed E-state index contributed by atoms with van der Waals surface area (Å²) in [4.78, 5) is 19.4. The van der Waals surface area contributed by atoms with E-state index in [-0.39, 0.29) is 11.9 Å². The number of rotatable bonds is 4. The number of hydrogen-bond donors (Lipinski definition) is 1. The number of carbonyl (C=O) groups is 1. The van der Waals surface area contributed by atoms with E-state index >= 15 is 0 Å². The molecule has 136 valence electrons. The molecule has 0 saturated carbocycles. The summed E-state index contributed by atoms with van der Waals surface area (Å²) >= 11 is 7.74. The molecule has 1 amide bonds. The normalized spacial score (nSPS) is 17.1. The van der Waals surface area contributed by atoms with Crippen LogP contribution in [0.1, 0.15) is 29.5 Å². The maximum absolute atomic E-state index is 12.5. The number of halogens is 1. The Hall–Kier alpha value is -2.46. The van der Waals surface area contributed by atoms with E-state index in [0.29, 0.717) is 22.8 Å². The topological polar surface area (TPSA) is 69.0 Å². The highest BCUT2D eigenvalue weighted by Crippen LogP contribution is 2.36. The van der Waals surface area contributed by atoms with Gasteiger partial charge < -0.3 is 5.32 Å². The number of hydrogen-bond acceptors (Lipinski definition) is 5. The molecule has 1 fully saturated rings. The highest BCUT2D eigenvalue weighted by atomic mass is 35.5. The molecule has 1 unspecified atom stereocenters. The van der Waals surface area contributed by atoms with Crippen LogP contribution in [-0.4, -0.2) is 28.9 Å². The van der Waals surface area contributed by atoms with Gasteiger partial charge in [-0.3, -0.25) is 9.69 Å². The first kappa shape index (κ1) is 17.9. The number of amides is 1. The van der Waals surface area contributed by atoms with Gasteiger partial charge in [0.15, 0.2) is 0 Å². The second-order valence-corrected chi connectivity index (χ2v) is 7.97. The van der Waals surface area contributed by atoms with Crippen molar-refractivity contribution in [2.24, 2.45) is 0 Å². The van der Waals surface area contributed by atoms with E-state index in [2.05, 4.69) is 16.3 Å². The van der Waals surface area contributed by atoms with Crippen molar-refractivity contribution >= 4 is 44.7 Å². The van der Waals surface area contributed by atoms with Crippen molar-refractivity contribution < 1.29 is 4.79 Å². The Balaban J connectivity index is 1.45. The van der Waals surface area contributed by atoms with Gasteiger partial charge >= 0.3 is 0 Å². The second-order valence-electron chi connectivity index (χ2n) is 6.50. The quantitative estimate of drug-likeness (QED) is 0.699. The monoisotopic (exact) mass is 396 g/mol. The van der Waals surface area contributed by atoms with Gasteiger partial charge in [-0.05, 0) is 49.7 Å². The standard InChI is InChI=1S/C20H17ClN4OS/c21-15-10-14(8-7-13(15)11-22)23-19(26)12-25-9-3-5-17(25)20-24-16-4-1-2-6-18(16)27-20/h1-2,4,6-8,10,17H,3,5,9,12H2,(H,23,26). The number of carbonyl (C=O) groups excluding carboxylic acids is 1. The molecule has 5 nitrogen and oxygen atoms in total. The number of aromatic nitrogens is 1. The summed E-state index contributed by atoms with van der Waals surface area (Å²) in [6.45, 7) is 1.18. The summed E-state index contributed by atoms with van der Waals surface area (Å²) in [5, 5.41) is 13.2. The van der Waals surface area contributed by atoms with E-state index in [4.69, 9.17) is 21.8 Å². The van der Waals surface area contributed by atoms with Crippen LogP contribution in [0, 0.1) is 11.3 Å². The lowest BCUT2D eigenvalue weighted by Crippen LogP contribution is -2.32. The van der Waals surface area contributed by atoms with Crippen molar-refractivity contribution in [2.45, 2.75) is 18.9 Å². The van der Waals surface area contributed by atoms with Crippen LogP contribution < -0.4 is 5.32 Å². The smallest absolute Gasteiger partial charge is 0.238 e. The van der Waals surface area contributed by atoms with Crippen molar-refractivity contribution in [3.8, 4) is 6.07 Å². The first-order valence-corrected chi connectivity index (χ1v) is 9.92. The number of nitrogens with one attached hydrogen (secondary N) is 1. The van der Waals surface area contributed by atoms with Crippen LogP contribution >= 0.6 is 22.9 Å². The zero-order valence-corrected chi connectivity index (χ0v) is 16.1. The molecule has 0 aliphatic carbocycles. The Bertz CT molecular complexity index is 1010. The zero-order chi connectivity index (χ0) is 18.8. The van der Waals surface area contributed by atoms with Crippen LogP contribution in [0.4, 0.5) is 5.69 Å². The fourth-order valence-electron chi connectivity index (χ4n) is 3.40. The summed E-state index contributed by atoms with van der Waals surface area (Å²) in [6.07, 6.45) is 2.06. The van der Waals surface area contributed by atoms with Crippen molar-refractivity contribution in [3.63, 3.8) is 0 Å². The Morgan fingerprint density at radius 2 is 2.22 bits per heavy atom. The number of thiazole rings is 1. The van der Waals surface area contributed by atoms with Gasteiger partial charge in [0.05, 0.1) is 33.4 Å². The van der Waals surface area contributed by atoms with E-state index in [0.717, 1.165) is 29.9 Å². The molecule has 0 bridgehead atoms. The lowest BCUT2D eigenvalue weighted by atomic mass is 10.2. The van der Waals surface area contributed by atoms with Gasteiger partial charge in [0.25, 0.3) is 0 Å². The minimum atomic E-state index is -0.0937. The number of likely N-dealkylation sites (tertiary alicyclic amines) is 1. The van der Waals surface area contributed by atoms with E-state index < -0.39 is 0 Å². The first-order valence-electron chi connectivity index (χ1n) is 8.73. The predicted molar refractivity (Wildman–Crippen MR) is 108 cm³/mol. The third kappa shape index (κ3) is 3.81. The minimum absolute atomic E-state index is 0.0937. The maximum Gasteiger partial charge on any atom is 0.238 e. The lowest BCUT2D eigenvalue weighted by Gasteiger charge is -2.22. The fourth-order valence-corrected chi connectivity index (χ4v) is 4.76. The van der Waals surface area contributed by atoms with Gasteiger partial charge in [0, 0.05) is 5.69 Å². The van der Waals surface area contributed by atoms with Gasteiger partial charge in [-0.15, -0.1) is 11.3 Å². The number of fused-ring (bicyclic) bond motifs is 1. The number of benzene rings is 2. The molecule has 1 aliphatic heterocycles. The summed E-state index contributed by atoms with van der Waals surface area (Å²) < 4.78 is 1.18. The predicted octanol–water partition coefficient (Wildman–Crippen LogP) is 4.60. The van der Waals surface area contributed by atoms with E-state index in [9.17, 15) is 4.79 Å². The Kier molecular flexibility index (Phi) is 5.08. The summed E-state index contributed by atoms with van der Waals surface area (Å²) in [7, 11) is 0. The van der Waals surface area contributed by atoms with Gasteiger partial charge in [0.2, 0.25) is 5.91 Å². The molecule has 1 aliphatic rings. The number of nitrogens with zero attached hydrogens (tertiary/aromatic N) is 3. The molecule has 4 rings (SSSR count). The van der Waals surface area contributed by atoms with Crippen LogP contribution in [0.3, 0.4) is 0 Å². The maximum atomic E-state index is 12.5. The third-order valence-electron chi connectivity index (χ3n) is 4.68. The minimum Gasteiger partial charge on any atom is -0.325 e. The molecule has 3 aromatic rings. The van der Waals surface area contributed by atoms with Crippen LogP contribution in [0.25, 0.3) is 10.2 Å². The van der Waals surface area contributed by atoms with Gasteiger partial charge in [0.1, 0.15) is 11.1 Å². The third-order valence-corrected chi connectivity index (χ3v) is 6.13. The summed E-state index contributed by atoms with van der Waals surface area (Å²) in [5.41, 5.74) is 2.01. The van der Waals surface area contributed by atoms with Crippen molar-refractivity contribution in [3.05, 3.63) is 58.1 Å². The largest absolute Gasteiger partial charge is 0.325 e. The van der Waals surface area contributed by atoms with Crippen LogP contribution in [-0.2, 0) is 4.79 Å². The molecule has 1 atom stereocenters. The van der Waals surface area contributed by atoms with Crippen LogP contribution in [0.2, 0.25) is 5.02 Å². The Morgan fingerprint density at radius 3 is 3.00 bits per heavy atom. The van der Waals surface area contributed by atoms with Gasteiger partial charge in [-0.25, -0.2) is 4.98 Å². The van der Waals surface area contributed by atoms with Gasteiger partial charge in [-0.2, -0.15) is 5.26 Å². The van der Waals surface area contributed by atoms with Crippen molar-refractivity contribution in [1.29, 1.82) is 5.26 Å². The van der Waals surface area contributed by atoms with E-state index in [1.54, 1.807) is 29.5 Å². The van der Waals surface area contributed by atoms with Crippen LogP contribution in [0.15, 0.2) is 42.5 Å². The van der Waals surface area contributed by atoms with Crippen molar-refractivity contribution in [1.82, 2.24) is 9.88 Å². The average Bonchev–Trinajstić information content (AvgIpc) is 3.27. The fraction of sp³-hybridized carbons (Fsp3) is 0.250.